The Kier molecular flexibility index (Phi) is 3.18. The van der Waals surface area contributed by atoms with Crippen molar-refractivity contribution in [2.75, 3.05) is 17.7 Å². The maximum atomic E-state index is 5.76. The van der Waals surface area contributed by atoms with Gasteiger partial charge in [-0.25, -0.2) is 4.98 Å². The van der Waals surface area contributed by atoms with E-state index in [0.29, 0.717) is 18.2 Å². The number of H-pyrrole nitrogens is 1. The number of rotatable bonds is 4. The van der Waals surface area contributed by atoms with Crippen LogP contribution in [0.15, 0.2) is 24.3 Å². The number of imidazole rings is 1. The number of hydrogen-bond acceptors (Lipinski definition) is 4. The van der Waals surface area contributed by atoms with E-state index < -0.39 is 0 Å². The lowest BCUT2D eigenvalue weighted by atomic mass is 10.3. The molecular formula is C12H16N4O. The Morgan fingerprint density at radius 2 is 2.06 bits per heavy atom. The number of hydrogen-bond donors (Lipinski definition) is 3. The van der Waals surface area contributed by atoms with Crippen molar-refractivity contribution in [3.8, 4) is 5.75 Å². The number of benzene rings is 1. The summed E-state index contributed by atoms with van der Waals surface area (Å²) in [7, 11) is 0. The molecule has 0 saturated heterocycles. The van der Waals surface area contributed by atoms with E-state index in [2.05, 4.69) is 15.3 Å². The zero-order valence-electron chi connectivity index (χ0n) is 9.95. The van der Waals surface area contributed by atoms with Crippen LogP contribution in [0.1, 0.15) is 12.7 Å². The summed E-state index contributed by atoms with van der Waals surface area (Å²) >= 11 is 0. The Morgan fingerprint density at radius 1 is 1.35 bits per heavy atom. The SMILES string of the molecule is CCOc1ccc(Nc2nc(C)[nH]c2N)cc1. The molecule has 17 heavy (non-hydrogen) atoms. The summed E-state index contributed by atoms with van der Waals surface area (Å²) < 4.78 is 5.36. The van der Waals surface area contributed by atoms with Gasteiger partial charge in [0.1, 0.15) is 17.4 Å². The molecule has 4 N–H and O–H groups in total. The second kappa shape index (κ2) is 4.78. The normalized spacial score (nSPS) is 10.2. The summed E-state index contributed by atoms with van der Waals surface area (Å²) in [4.78, 5) is 7.18. The summed E-state index contributed by atoms with van der Waals surface area (Å²) in [5.74, 6) is 2.82. The average Bonchev–Trinajstić information content (AvgIpc) is 2.61. The molecule has 0 radical (unpaired) electrons. The van der Waals surface area contributed by atoms with Crippen LogP contribution < -0.4 is 15.8 Å². The summed E-state index contributed by atoms with van der Waals surface area (Å²) in [6.45, 7) is 4.48. The molecular weight excluding hydrogens is 216 g/mol. The molecule has 0 amide bonds. The van der Waals surface area contributed by atoms with Crippen LogP contribution in [0, 0.1) is 6.92 Å². The minimum absolute atomic E-state index is 0.538. The van der Waals surface area contributed by atoms with Crippen LogP contribution in [0.2, 0.25) is 0 Å². The molecule has 0 fully saturated rings. The van der Waals surface area contributed by atoms with Crippen molar-refractivity contribution < 1.29 is 4.74 Å². The number of aryl methyl sites for hydroxylation is 1. The second-order valence-corrected chi connectivity index (χ2v) is 3.67. The fourth-order valence-corrected chi connectivity index (χ4v) is 1.54. The Hall–Kier alpha value is -2.17. The predicted molar refractivity (Wildman–Crippen MR) is 68.6 cm³/mol. The number of nitrogens with two attached hydrogens (primary N) is 1. The van der Waals surface area contributed by atoms with Gasteiger partial charge in [0.2, 0.25) is 0 Å². The highest BCUT2D eigenvalue weighted by Gasteiger charge is 2.04. The molecule has 1 heterocycles. The van der Waals surface area contributed by atoms with Crippen LogP contribution in [-0.2, 0) is 0 Å². The van der Waals surface area contributed by atoms with Crippen LogP contribution >= 0.6 is 0 Å². The third-order valence-electron chi connectivity index (χ3n) is 2.28. The largest absolute Gasteiger partial charge is 0.494 e. The van der Waals surface area contributed by atoms with E-state index in [1.165, 1.54) is 0 Å². The first-order chi connectivity index (χ1) is 8.19. The third kappa shape index (κ3) is 2.69. The van der Waals surface area contributed by atoms with Gasteiger partial charge in [0.15, 0.2) is 5.82 Å². The van der Waals surface area contributed by atoms with E-state index in [1.54, 1.807) is 0 Å². The monoisotopic (exact) mass is 232 g/mol. The number of nitrogen functional groups attached to an aromatic ring is 1. The van der Waals surface area contributed by atoms with Gasteiger partial charge < -0.3 is 20.8 Å². The molecule has 1 aromatic carbocycles. The van der Waals surface area contributed by atoms with Crippen LogP contribution in [0.3, 0.4) is 0 Å². The highest BCUT2D eigenvalue weighted by atomic mass is 16.5. The molecule has 2 rings (SSSR count). The summed E-state index contributed by atoms with van der Waals surface area (Å²) in [6.07, 6.45) is 0. The quantitative estimate of drug-likeness (QED) is 0.756. The van der Waals surface area contributed by atoms with Crippen molar-refractivity contribution in [2.45, 2.75) is 13.8 Å². The Bertz CT molecular complexity index is 490. The molecule has 0 aliphatic heterocycles. The van der Waals surface area contributed by atoms with Crippen molar-refractivity contribution in [3.05, 3.63) is 30.1 Å². The van der Waals surface area contributed by atoms with E-state index in [1.807, 2.05) is 38.1 Å². The highest BCUT2D eigenvalue weighted by molar-refractivity contribution is 5.66. The molecule has 2 aromatic rings. The number of aromatic amines is 1. The zero-order valence-corrected chi connectivity index (χ0v) is 9.95. The maximum Gasteiger partial charge on any atom is 0.173 e. The van der Waals surface area contributed by atoms with Crippen molar-refractivity contribution in [3.63, 3.8) is 0 Å². The van der Waals surface area contributed by atoms with E-state index in [0.717, 1.165) is 17.3 Å². The fraction of sp³-hybridized carbons (Fsp3) is 0.250. The van der Waals surface area contributed by atoms with Crippen LogP contribution in [0.5, 0.6) is 5.75 Å². The maximum absolute atomic E-state index is 5.76. The van der Waals surface area contributed by atoms with Gasteiger partial charge in [-0.3, -0.25) is 0 Å². The Balaban J connectivity index is 2.11. The van der Waals surface area contributed by atoms with Crippen molar-refractivity contribution in [2.24, 2.45) is 0 Å². The van der Waals surface area contributed by atoms with Gasteiger partial charge in [-0.05, 0) is 38.1 Å². The Labute approximate surface area is 100 Å². The number of aromatic nitrogens is 2. The van der Waals surface area contributed by atoms with Crippen LogP contribution in [0.25, 0.3) is 0 Å². The van der Waals surface area contributed by atoms with Gasteiger partial charge in [-0.2, -0.15) is 0 Å². The van der Waals surface area contributed by atoms with Crippen molar-refractivity contribution >= 4 is 17.3 Å². The van der Waals surface area contributed by atoms with E-state index in [9.17, 15) is 0 Å². The van der Waals surface area contributed by atoms with Gasteiger partial charge in [0.25, 0.3) is 0 Å². The lowest BCUT2D eigenvalue weighted by molar-refractivity contribution is 0.340. The Morgan fingerprint density at radius 3 is 2.59 bits per heavy atom. The van der Waals surface area contributed by atoms with Gasteiger partial charge in [-0.1, -0.05) is 0 Å². The molecule has 1 aromatic heterocycles. The number of nitrogens with zero attached hydrogens (tertiary/aromatic N) is 1. The first-order valence-electron chi connectivity index (χ1n) is 5.51. The van der Waals surface area contributed by atoms with E-state index in [-0.39, 0.29) is 0 Å². The molecule has 0 atom stereocenters. The standard InChI is InChI=1S/C12H16N4O/c1-3-17-10-6-4-9(5-7-10)16-12-11(13)14-8(2)15-12/h4-7,16H,3,13H2,1-2H3,(H,14,15). The third-order valence-corrected chi connectivity index (χ3v) is 2.28. The molecule has 0 saturated carbocycles. The second-order valence-electron chi connectivity index (χ2n) is 3.67. The topological polar surface area (TPSA) is 76.0 Å². The predicted octanol–water partition coefficient (Wildman–Crippen LogP) is 2.44. The summed E-state index contributed by atoms with van der Waals surface area (Å²) in [6, 6.07) is 7.66. The van der Waals surface area contributed by atoms with E-state index in [4.69, 9.17) is 10.5 Å². The number of ether oxygens (including phenoxy) is 1. The average molecular weight is 232 g/mol. The summed E-state index contributed by atoms with van der Waals surface area (Å²) in [5, 5.41) is 3.14. The van der Waals surface area contributed by atoms with Crippen LogP contribution in [0.4, 0.5) is 17.3 Å². The number of anilines is 3. The lowest BCUT2D eigenvalue weighted by Crippen LogP contribution is -1.96. The van der Waals surface area contributed by atoms with Gasteiger partial charge in [0, 0.05) is 5.69 Å². The molecule has 90 valence electrons. The fourth-order valence-electron chi connectivity index (χ4n) is 1.54. The molecule has 0 bridgehead atoms. The summed E-state index contributed by atoms with van der Waals surface area (Å²) in [5.41, 5.74) is 6.68. The smallest absolute Gasteiger partial charge is 0.173 e. The minimum atomic E-state index is 0.538. The molecule has 0 aliphatic rings. The molecule has 5 nitrogen and oxygen atoms in total. The minimum Gasteiger partial charge on any atom is -0.494 e. The zero-order chi connectivity index (χ0) is 12.3. The van der Waals surface area contributed by atoms with Gasteiger partial charge >= 0.3 is 0 Å². The van der Waals surface area contributed by atoms with Gasteiger partial charge in [0.05, 0.1) is 6.61 Å². The highest BCUT2D eigenvalue weighted by Crippen LogP contribution is 2.22. The van der Waals surface area contributed by atoms with Crippen molar-refractivity contribution in [1.82, 2.24) is 9.97 Å². The first kappa shape index (κ1) is 11.3. The molecule has 0 spiro atoms. The van der Waals surface area contributed by atoms with E-state index >= 15 is 0 Å². The molecule has 0 unspecified atom stereocenters. The first-order valence-corrected chi connectivity index (χ1v) is 5.51. The molecule has 5 heteroatoms. The van der Waals surface area contributed by atoms with Gasteiger partial charge in [-0.15, -0.1) is 0 Å². The molecule has 0 aliphatic carbocycles. The lowest BCUT2D eigenvalue weighted by Gasteiger charge is -2.06. The van der Waals surface area contributed by atoms with Crippen molar-refractivity contribution in [1.29, 1.82) is 0 Å². The number of nitrogens with one attached hydrogen (secondary N) is 2. The van der Waals surface area contributed by atoms with Crippen LogP contribution in [-0.4, -0.2) is 16.6 Å².